The molecule has 34 heavy (non-hydrogen) atoms. The lowest BCUT2D eigenvalue weighted by Crippen LogP contribution is -2.39. The summed E-state index contributed by atoms with van der Waals surface area (Å²) in [4.78, 5) is 12.8. The predicted octanol–water partition coefficient (Wildman–Crippen LogP) is 5.36. The fourth-order valence-electron chi connectivity index (χ4n) is 4.53. The standard InChI is InChI=1S/C26H35ClN2O4S/c1-26(2,3)33-25(30)19-8-15-24(20(16-19)17-28-4)18-6-11-22(12-7-18)29(5)34(31,32)23-13-9-21(27)10-14-23/h8-10,13-16,18,22,28H,6-7,11-12,17H2,1-5H3. The largest absolute Gasteiger partial charge is 0.456 e. The topological polar surface area (TPSA) is 75.7 Å². The highest BCUT2D eigenvalue weighted by Crippen LogP contribution is 2.37. The van der Waals surface area contributed by atoms with Crippen LogP contribution in [0.4, 0.5) is 0 Å². The summed E-state index contributed by atoms with van der Waals surface area (Å²) in [6.07, 6.45) is 3.32. The van der Waals surface area contributed by atoms with Crippen LogP contribution < -0.4 is 5.32 Å². The fraction of sp³-hybridized carbons (Fsp3) is 0.500. The van der Waals surface area contributed by atoms with Gasteiger partial charge in [-0.15, -0.1) is 0 Å². The summed E-state index contributed by atoms with van der Waals surface area (Å²) >= 11 is 5.92. The molecule has 8 heteroatoms. The number of esters is 1. The van der Waals surface area contributed by atoms with E-state index in [0.717, 1.165) is 31.2 Å². The summed E-state index contributed by atoms with van der Waals surface area (Å²) in [5.74, 6) is -0.00642. The third-order valence-electron chi connectivity index (χ3n) is 6.29. The second kappa shape index (κ2) is 10.8. The summed E-state index contributed by atoms with van der Waals surface area (Å²) < 4.78 is 33.2. The van der Waals surface area contributed by atoms with Gasteiger partial charge in [0.25, 0.3) is 0 Å². The third-order valence-corrected chi connectivity index (χ3v) is 8.46. The molecule has 186 valence electrons. The number of carbonyl (C=O) groups is 1. The number of hydrogen-bond acceptors (Lipinski definition) is 5. The number of benzene rings is 2. The second-order valence-corrected chi connectivity index (χ2v) is 12.4. The Bertz CT molecular complexity index is 1100. The zero-order valence-electron chi connectivity index (χ0n) is 20.6. The second-order valence-electron chi connectivity index (χ2n) is 9.93. The van der Waals surface area contributed by atoms with Crippen LogP contribution in [0, 0.1) is 0 Å². The SMILES string of the molecule is CNCc1cc(C(=O)OC(C)(C)C)ccc1C1CCC(N(C)S(=O)(=O)c2ccc(Cl)cc2)CC1. The molecular weight excluding hydrogens is 472 g/mol. The number of ether oxygens (including phenoxy) is 1. The van der Waals surface area contributed by atoms with Crippen LogP contribution in [0.1, 0.15) is 73.9 Å². The van der Waals surface area contributed by atoms with E-state index >= 15 is 0 Å². The minimum atomic E-state index is -3.57. The number of sulfonamides is 1. The number of nitrogens with one attached hydrogen (secondary N) is 1. The van der Waals surface area contributed by atoms with Crippen molar-refractivity contribution in [3.8, 4) is 0 Å². The molecule has 0 spiro atoms. The van der Waals surface area contributed by atoms with E-state index in [2.05, 4.69) is 5.32 Å². The Morgan fingerprint density at radius 3 is 2.26 bits per heavy atom. The van der Waals surface area contributed by atoms with E-state index in [-0.39, 0.29) is 16.9 Å². The van der Waals surface area contributed by atoms with Gasteiger partial charge in [-0.1, -0.05) is 17.7 Å². The first-order valence-corrected chi connectivity index (χ1v) is 13.5. The van der Waals surface area contributed by atoms with Gasteiger partial charge in [-0.25, -0.2) is 13.2 Å². The molecule has 0 aromatic heterocycles. The van der Waals surface area contributed by atoms with Crippen LogP contribution in [0.3, 0.4) is 0 Å². The number of nitrogens with zero attached hydrogens (tertiary/aromatic N) is 1. The molecule has 0 atom stereocenters. The first-order chi connectivity index (χ1) is 15.9. The molecule has 1 saturated carbocycles. The van der Waals surface area contributed by atoms with Crippen molar-refractivity contribution in [2.24, 2.45) is 0 Å². The summed E-state index contributed by atoms with van der Waals surface area (Å²) in [7, 11) is -0.0212. The zero-order chi connectivity index (χ0) is 25.1. The van der Waals surface area contributed by atoms with Crippen LogP contribution in [0.5, 0.6) is 0 Å². The number of carbonyl (C=O) groups excluding carboxylic acids is 1. The smallest absolute Gasteiger partial charge is 0.338 e. The van der Waals surface area contributed by atoms with Crippen molar-refractivity contribution in [3.05, 3.63) is 64.2 Å². The van der Waals surface area contributed by atoms with E-state index < -0.39 is 15.6 Å². The molecular formula is C26H35ClN2O4S. The van der Waals surface area contributed by atoms with Gasteiger partial charge >= 0.3 is 5.97 Å². The van der Waals surface area contributed by atoms with Crippen LogP contribution >= 0.6 is 11.6 Å². The summed E-state index contributed by atoms with van der Waals surface area (Å²) in [6.45, 7) is 6.22. The molecule has 1 aliphatic carbocycles. The molecule has 2 aromatic rings. The molecule has 3 rings (SSSR count). The molecule has 1 fully saturated rings. The fourth-order valence-corrected chi connectivity index (χ4v) is 6.07. The van der Waals surface area contributed by atoms with Gasteiger partial charge in [-0.2, -0.15) is 4.31 Å². The maximum Gasteiger partial charge on any atom is 0.338 e. The van der Waals surface area contributed by atoms with Gasteiger partial charge in [0.2, 0.25) is 10.0 Å². The van der Waals surface area contributed by atoms with Crippen molar-refractivity contribution in [2.75, 3.05) is 14.1 Å². The van der Waals surface area contributed by atoms with Crippen LogP contribution in [0.15, 0.2) is 47.4 Å². The predicted molar refractivity (Wildman–Crippen MR) is 136 cm³/mol. The quantitative estimate of drug-likeness (QED) is 0.511. The van der Waals surface area contributed by atoms with E-state index in [1.54, 1.807) is 31.3 Å². The van der Waals surface area contributed by atoms with E-state index in [1.807, 2.05) is 46.0 Å². The zero-order valence-corrected chi connectivity index (χ0v) is 22.2. The Morgan fingerprint density at radius 1 is 1.09 bits per heavy atom. The Balaban J connectivity index is 1.72. The highest BCUT2D eigenvalue weighted by Gasteiger charge is 2.32. The van der Waals surface area contributed by atoms with E-state index in [1.165, 1.54) is 9.87 Å². The minimum Gasteiger partial charge on any atom is -0.456 e. The van der Waals surface area contributed by atoms with Crippen LogP contribution in [-0.2, 0) is 21.3 Å². The highest BCUT2D eigenvalue weighted by atomic mass is 35.5. The van der Waals surface area contributed by atoms with Gasteiger partial charge in [0.1, 0.15) is 5.60 Å². The Kier molecular flexibility index (Phi) is 8.45. The summed E-state index contributed by atoms with van der Waals surface area (Å²) in [6, 6.07) is 12.0. The highest BCUT2D eigenvalue weighted by molar-refractivity contribution is 7.89. The van der Waals surface area contributed by atoms with Crippen LogP contribution in [0.25, 0.3) is 0 Å². The number of hydrogen-bond donors (Lipinski definition) is 1. The molecule has 0 radical (unpaired) electrons. The van der Waals surface area contributed by atoms with Gasteiger partial charge in [0.05, 0.1) is 10.5 Å². The maximum atomic E-state index is 13.1. The first kappa shape index (κ1) is 26.7. The molecule has 0 heterocycles. The van der Waals surface area contributed by atoms with Gasteiger partial charge in [-0.05, 0) is 107 Å². The Hall–Kier alpha value is -1.93. The molecule has 0 bridgehead atoms. The van der Waals surface area contributed by atoms with Crippen LogP contribution in [0.2, 0.25) is 5.02 Å². The van der Waals surface area contributed by atoms with Crippen molar-refractivity contribution < 1.29 is 17.9 Å². The van der Waals surface area contributed by atoms with Crippen LogP contribution in [-0.4, -0.2) is 44.4 Å². The van der Waals surface area contributed by atoms with Crippen molar-refractivity contribution in [3.63, 3.8) is 0 Å². The van der Waals surface area contributed by atoms with Crippen molar-refractivity contribution in [1.29, 1.82) is 0 Å². The van der Waals surface area contributed by atoms with Gasteiger partial charge in [0.15, 0.2) is 0 Å². The maximum absolute atomic E-state index is 13.1. The summed E-state index contributed by atoms with van der Waals surface area (Å²) in [5, 5.41) is 3.71. The number of halogens is 1. The molecule has 0 unspecified atom stereocenters. The lowest BCUT2D eigenvalue weighted by molar-refractivity contribution is 0.00693. The Labute approximate surface area is 208 Å². The lowest BCUT2D eigenvalue weighted by atomic mass is 9.79. The molecule has 0 saturated heterocycles. The van der Waals surface area contributed by atoms with Gasteiger partial charge < -0.3 is 10.1 Å². The van der Waals surface area contributed by atoms with E-state index in [4.69, 9.17) is 16.3 Å². The molecule has 0 aliphatic heterocycles. The average molecular weight is 507 g/mol. The number of rotatable bonds is 7. The van der Waals surface area contributed by atoms with Gasteiger partial charge in [-0.3, -0.25) is 0 Å². The lowest BCUT2D eigenvalue weighted by Gasteiger charge is -2.35. The van der Waals surface area contributed by atoms with E-state index in [9.17, 15) is 13.2 Å². The molecule has 2 aromatic carbocycles. The van der Waals surface area contributed by atoms with Crippen molar-refractivity contribution in [1.82, 2.24) is 9.62 Å². The van der Waals surface area contributed by atoms with Crippen molar-refractivity contribution in [2.45, 2.75) is 75.5 Å². The Morgan fingerprint density at radius 2 is 1.71 bits per heavy atom. The van der Waals surface area contributed by atoms with E-state index in [0.29, 0.717) is 23.0 Å². The monoisotopic (exact) mass is 506 g/mol. The molecule has 0 amide bonds. The van der Waals surface area contributed by atoms with Gasteiger partial charge in [0, 0.05) is 24.7 Å². The molecule has 1 N–H and O–H groups in total. The average Bonchev–Trinajstić information content (AvgIpc) is 2.78. The summed E-state index contributed by atoms with van der Waals surface area (Å²) in [5.41, 5.74) is 2.29. The first-order valence-electron chi connectivity index (χ1n) is 11.7. The molecule has 6 nitrogen and oxygen atoms in total. The van der Waals surface area contributed by atoms with Crippen molar-refractivity contribution >= 4 is 27.6 Å². The minimum absolute atomic E-state index is 0.0503. The third kappa shape index (κ3) is 6.39. The normalized spacial score (nSPS) is 19.3. The molecule has 1 aliphatic rings.